The van der Waals surface area contributed by atoms with Gasteiger partial charge in [0.15, 0.2) is 0 Å². The molecule has 2 aliphatic carbocycles. The van der Waals surface area contributed by atoms with Crippen LogP contribution >= 0.6 is 11.6 Å². The predicted molar refractivity (Wildman–Crippen MR) is 107 cm³/mol. The van der Waals surface area contributed by atoms with Crippen molar-refractivity contribution in [1.82, 2.24) is 15.1 Å². The summed E-state index contributed by atoms with van der Waals surface area (Å²) in [6, 6.07) is -0.772. The smallest absolute Gasteiger partial charge is 0.329 e. The van der Waals surface area contributed by atoms with Crippen LogP contribution < -0.4 is 5.32 Å². The van der Waals surface area contributed by atoms with Crippen LogP contribution in [0.2, 0.25) is 0 Å². The van der Waals surface area contributed by atoms with E-state index in [4.69, 9.17) is 11.6 Å². The van der Waals surface area contributed by atoms with Gasteiger partial charge >= 0.3 is 12.1 Å². The number of rotatable bonds is 6. The lowest BCUT2D eigenvalue weighted by Crippen LogP contribution is -2.71. The summed E-state index contributed by atoms with van der Waals surface area (Å²) < 4.78 is 40.2. The van der Waals surface area contributed by atoms with E-state index in [2.05, 4.69) is 10.2 Å². The quantitative estimate of drug-likeness (QED) is 0.639. The number of piperidine rings is 1. The van der Waals surface area contributed by atoms with Gasteiger partial charge in [0.25, 0.3) is 0 Å². The van der Waals surface area contributed by atoms with E-state index < -0.39 is 23.4 Å². The van der Waals surface area contributed by atoms with Crippen molar-refractivity contribution in [2.45, 2.75) is 55.9 Å². The standard InChI is InChI=1S/C21H27ClF3N3O2/c22-18(29)11-20(12-26-13-20)27-8-6-15(7-9-27)28(19(30)21(23,24)25)17-10-16(17)14-4-2-1-3-5-14/h1-4,14-17,26H,5-13H2/t14?,16-,17+/m0/s1. The molecule has 2 aliphatic heterocycles. The van der Waals surface area contributed by atoms with Gasteiger partial charge in [-0.3, -0.25) is 14.5 Å². The number of carbonyl (C=O) groups excluding carboxylic acids is 2. The van der Waals surface area contributed by atoms with E-state index in [-0.39, 0.29) is 29.8 Å². The molecule has 0 aromatic carbocycles. The summed E-state index contributed by atoms with van der Waals surface area (Å²) >= 11 is 5.62. The summed E-state index contributed by atoms with van der Waals surface area (Å²) in [6.45, 7) is 2.41. The summed E-state index contributed by atoms with van der Waals surface area (Å²) in [7, 11) is 0. The zero-order chi connectivity index (χ0) is 21.5. The molecule has 1 N–H and O–H groups in total. The van der Waals surface area contributed by atoms with Gasteiger partial charge in [-0.1, -0.05) is 24.3 Å². The Bertz CT molecular complexity index is 742. The van der Waals surface area contributed by atoms with Crippen LogP contribution in [0, 0.1) is 11.8 Å². The fraction of sp³-hybridized carbons (Fsp3) is 0.714. The summed E-state index contributed by atoms with van der Waals surface area (Å²) in [5, 5.41) is 2.77. The Labute approximate surface area is 179 Å². The van der Waals surface area contributed by atoms with Gasteiger partial charge in [0.2, 0.25) is 5.24 Å². The summed E-state index contributed by atoms with van der Waals surface area (Å²) in [5.41, 5.74) is -0.343. The van der Waals surface area contributed by atoms with Crippen molar-refractivity contribution >= 4 is 22.8 Å². The number of nitrogens with zero attached hydrogens (tertiary/aromatic N) is 2. The van der Waals surface area contributed by atoms with Gasteiger partial charge in [0.1, 0.15) is 0 Å². The lowest BCUT2D eigenvalue weighted by molar-refractivity contribution is -0.190. The van der Waals surface area contributed by atoms with Crippen LogP contribution in [0.5, 0.6) is 0 Å². The lowest BCUT2D eigenvalue weighted by Gasteiger charge is -2.53. The number of allylic oxidation sites excluding steroid dienone is 4. The molecule has 0 spiro atoms. The first-order valence-corrected chi connectivity index (χ1v) is 11.0. The largest absolute Gasteiger partial charge is 0.471 e. The number of carbonyl (C=O) groups is 2. The van der Waals surface area contributed by atoms with Gasteiger partial charge in [-0.25, -0.2) is 0 Å². The average Bonchev–Trinajstić information content (AvgIpc) is 3.46. The van der Waals surface area contributed by atoms with E-state index in [0.717, 1.165) is 11.3 Å². The van der Waals surface area contributed by atoms with Crippen molar-refractivity contribution in [1.29, 1.82) is 0 Å². The molecule has 1 unspecified atom stereocenters. The Kier molecular flexibility index (Phi) is 6.03. The summed E-state index contributed by atoms with van der Waals surface area (Å²) in [4.78, 5) is 27.1. The second-order valence-corrected chi connectivity index (χ2v) is 9.39. The highest BCUT2D eigenvalue weighted by atomic mass is 35.5. The van der Waals surface area contributed by atoms with E-state index in [1.54, 1.807) is 0 Å². The van der Waals surface area contributed by atoms with Crippen molar-refractivity contribution in [3.8, 4) is 0 Å². The highest BCUT2D eigenvalue weighted by molar-refractivity contribution is 6.63. The summed E-state index contributed by atoms with van der Waals surface area (Å²) in [5.74, 6) is -1.42. The molecule has 3 atom stereocenters. The normalized spacial score (nSPS) is 31.3. The van der Waals surface area contributed by atoms with Gasteiger partial charge in [-0.05, 0) is 49.1 Å². The molecule has 9 heteroatoms. The second kappa shape index (κ2) is 8.28. The molecule has 4 rings (SSSR count). The molecule has 4 aliphatic rings. The first-order valence-electron chi connectivity index (χ1n) is 10.6. The molecule has 0 aromatic rings. The molecule has 1 amide bonds. The molecule has 30 heavy (non-hydrogen) atoms. The molecular formula is C21H27ClF3N3O2. The third kappa shape index (κ3) is 4.32. The van der Waals surface area contributed by atoms with Crippen LogP contribution in [0.1, 0.15) is 32.1 Å². The molecule has 5 nitrogen and oxygen atoms in total. The van der Waals surface area contributed by atoms with Gasteiger partial charge in [-0.15, -0.1) is 0 Å². The molecule has 1 saturated carbocycles. The maximum atomic E-state index is 13.4. The highest BCUT2D eigenvalue weighted by Crippen LogP contribution is 2.47. The zero-order valence-corrected chi connectivity index (χ0v) is 17.5. The van der Waals surface area contributed by atoms with E-state index >= 15 is 0 Å². The van der Waals surface area contributed by atoms with Crippen LogP contribution in [-0.4, -0.2) is 70.9 Å². The third-order valence-corrected chi connectivity index (χ3v) is 7.24. The first kappa shape index (κ1) is 21.8. The maximum Gasteiger partial charge on any atom is 0.471 e. The number of alkyl halides is 3. The van der Waals surface area contributed by atoms with Gasteiger partial charge in [0, 0.05) is 44.7 Å². The molecule has 0 bridgehead atoms. The van der Waals surface area contributed by atoms with Gasteiger partial charge in [0.05, 0.1) is 5.54 Å². The zero-order valence-electron chi connectivity index (χ0n) is 16.7. The predicted octanol–water partition coefficient (Wildman–Crippen LogP) is 2.86. The number of likely N-dealkylation sites (tertiary alicyclic amines) is 1. The minimum Gasteiger partial charge on any atom is -0.329 e. The van der Waals surface area contributed by atoms with Crippen LogP contribution in [0.25, 0.3) is 0 Å². The van der Waals surface area contributed by atoms with Crippen molar-refractivity contribution in [2.75, 3.05) is 26.2 Å². The SMILES string of the molecule is O=C(Cl)CC1(N2CCC(N(C(=O)C(F)(F)F)[C@@H]3C[C@H]3C3C=CC=CC3)CC2)CNC1. The Morgan fingerprint density at radius 2 is 1.90 bits per heavy atom. The molecule has 2 saturated heterocycles. The van der Waals surface area contributed by atoms with Gasteiger partial charge < -0.3 is 10.2 Å². The fourth-order valence-electron chi connectivity index (χ4n) is 5.38. The minimum atomic E-state index is -4.86. The van der Waals surface area contributed by atoms with E-state index in [1.807, 2.05) is 24.3 Å². The van der Waals surface area contributed by atoms with Gasteiger partial charge in [-0.2, -0.15) is 13.2 Å². The Morgan fingerprint density at radius 3 is 2.40 bits per heavy atom. The third-order valence-electron chi connectivity index (χ3n) is 7.11. The highest BCUT2D eigenvalue weighted by Gasteiger charge is 2.56. The van der Waals surface area contributed by atoms with Crippen LogP contribution in [-0.2, 0) is 9.59 Å². The van der Waals surface area contributed by atoms with Crippen molar-refractivity contribution < 1.29 is 22.8 Å². The number of halogens is 4. The molecular weight excluding hydrogens is 419 g/mol. The van der Waals surface area contributed by atoms with Crippen molar-refractivity contribution in [2.24, 2.45) is 11.8 Å². The maximum absolute atomic E-state index is 13.4. The Morgan fingerprint density at radius 1 is 1.20 bits per heavy atom. The Balaban J connectivity index is 1.44. The minimum absolute atomic E-state index is 0.0894. The van der Waals surface area contributed by atoms with E-state index in [9.17, 15) is 22.8 Å². The van der Waals surface area contributed by atoms with E-state index in [1.165, 1.54) is 0 Å². The van der Waals surface area contributed by atoms with Crippen LogP contribution in [0.4, 0.5) is 13.2 Å². The van der Waals surface area contributed by atoms with Crippen LogP contribution in [0.15, 0.2) is 24.3 Å². The van der Waals surface area contributed by atoms with Crippen molar-refractivity contribution in [3.05, 3.63) is 24.3 Å². The molecule has 0 aromatic heterocycles. The number of hydrogen-bond acceptors (Lipinski definition) is 4. The average molecular weight is 446 g/mol. The lowest BCUT2D eigenvalue weighted by atomic mass is 9.84. The first-order chi connectivity index (χ1) is 14.2. The Hall–Kier alpha value is -1.38. The second-order valence-electron chi connectivity index (χ2n) is 8.97. The van der Waals surface area contributed by atoms with Crippen LogP contribution in [0.3, 0.4) is 0 Å². The topological polar surface area (TPSA) is 52.7 Å². The number of amides is 1. The molecule has 166 valence electrons. The molecule has 3 fully saturated rings. The number of hydrogen-bond donors (Lipinski definition) is 1. The fourth-order valence-corrected chi connectivity index (χ4v) is 5.63. The monoisotopic (exact) mass is 445 g/mol. The van der Waals surface area contributed by atoms with E-state index in [0.29, 0.717) is 45.4 Å². The number of nitrogens with one attached hydrogen (secondary N) is 1. The molecule has 0 radical (unpaired) electrons. The summed E-state index contributed by atoms with van der Waals surface area (Å²) in [6.07, 6.45) is 5.69. The molecule has 2 heterocycles. The van der Waals surface area contributed by atoms with Crippen molar-refractivity contribution in [3.63, 3.8) is 0 Å².